The summed E-state index contributed by atoms with van der Waals surface area (Å²) in [5.74, 6) is -0.341. The van der Waals surface area contributed by atoms with Gasteiger partial charge in [0, 0.05) is 7.05 Å². The molecule has 2 N–H and O–H groups in total. The van der Waals surface area contributed by atoms with E-state index in [0.29, 0.717) is 18.4 Å². The predicted octanol–water partition coefficient (Wildman–Crippen LogP) is 2.53. The Labute approximate surface area is 149 Å². The van der Waals surface area contributed by atoms with Gasteiger partial charge in [0.15, 0.2) is 5.11 Å². The molecule has 1 rings (SSSR count). The molecule has 0 aromatic heterocycles. The van der Waals surface area contributed by atoms with Crippen molar-refractivity contribution in [1.82, 2.24) is 10.6 Å². The highest BCUT2D eigenvalue weighted by Crippen LogP contribution is 2.43. The van der Waals surface area contributed by atoms with Crippen molar-refractivity contribution in [3.63, 3.8) is 0 Å². The Hall–Kier alpha value is -1.80. The number of benzene rings is 1. The average Bonchev–Trinajstić information content (AvgIpc) is 2.55. The van der Waals surface area contributed by atoms with Crippen LogP contribution < -0.4 is 10.6 Å². The maximum Gasteiger partial charge on any atom is 0.311 e. The second-order valence-electron chi connectivity index (χ2n) is 5.53. The molecule has 132 valence electrons. The van der Waals surface area contributed by atoms with Gasteiger partial charge in [-0.15, -0.1) is 0 Å². The number of nitrogens with zero attached hydrogens (tertiary/aromatic N) is 1. The number of aryl methyl sites for hydroxylation is 1. The van der Waals surface area contributed by atoms with Gasteiger partial charge in [-0.25, -0.2) is 0 Å². The van der Waals surface area contributed by atoms with E-state index < -0.39 is 22.0 Å². The summed E-state index contributed by atoms with van der Waals surface area (Å²) in [7, 11) is -1.03. The summed E-state index contributed by atoms with van der Waals surface area (Å²) < 4.78 is 26.4. The van der Waals surface area contributed by atoms with Crippen molar-refractivity contribution in [3.05, 3.63) is 35.4 Å². The maximum atomic E-state index is 12.9. The van der Waals surface area contributed by atoms with Crippen molar-refractivity contribution >= 4 is 33.7 Å². The molecule has 1 aromatic carbocycles. The van der Waals surface area contributed by atoms with Gasteiger partial charge < -0.3 is 10.6 Å². The summed E-state index contributed by atoms with van der Waals surface area (Å²) in [6.45, 7) is 5.62. The molecule has 0 saturated carbocycles. The standard InChI is InChI=1S/C16H23N3O3S2/c1-5-16(6-2,14(20)18-15(23)17-4)13(19-24(21)22)12-9-7-11(3)8-10-12/h7-10,13H,5-6H2,1-4H3,(H2,17,18,20,23). The zero-order valence-electron chi connectivity index (χ0n) is 14.3. The number of carbonyl (C=O) groups is 1. The van der Waals surface area contributed by atoms with Crippen LogP contribution in [0.2, 0.25) is 0 Å². The lowest BCUT2D eigenvalue weighted by Gasteiger charge is -2.35. The van der Waals surface area contributed by atoms with E-state index in [9.17, 15) is 13.2 Å². The van der Waals surface area contributed by atoms with E-state index >= 15 is 0 Å². The minimum atomic E-state index is -2.64. The number of rotatable bonds is 6. The van der Waals surface area contributed by atoms with E-state index in [1.165, 1.54) is 0 Å². The fourth-order valence-electron chi connectivity index (χ4n) is 2.69. The summed E-state index contributed by atoms with van der Waals surface area (Å²) in [5, 5.41) is 5.51. The molecule has 0 bridgehead atoms. The van der Waals surface area contributed by atoms with E-state index in [-0.39, 0.29) is 11.0 Å². The van der Waals surface area contributed by atoms with Crippen LogP contribution in [-0.4, -0.2) is 26.5 Å². The minimum absolute atomic E-state index is 0.192. The van der Waals surface area contributed by atoms with Gasteiger partial charge in [0.1, 0.15) is 6.04 Å². The second kappa shape index (κ2) is 8.89. The molecule has 0 spiro atoms. The van der Waals surface area contributed by atoms with Crippen LogP contribution in [0.5, 0.6) is 0 Å². The van der Waals surface area contributed by atoms with Crippen molar-refractivity contribution in [2.45, 2.75) is 39.7 Å². The largest absolute Gasteiger partial charge is 0.365 e. The van der Waals surface area contributed by atoms with Gasteiger partial charge in [0.2, 0.25) is 5.91 Å². The molecule has 0 fully saturated rings. The van der Waals surface area contributed by atoms with Crippen molar-refractivity contribution in [3.8, 4) is 0 Å². The van der Waals surface area contributed by atoms with Crippen LogP contribution in [0.4, 0.5) is 0 Å². The number of amides is 1. The first-order valence-corrected chi connectivity index (χ1v) is 9.14. The molecule has 1 unspecified atom stereocenters. The molecule has 8 heteroatoms. The van der Waals surface area contributed by atoms with Crippen molar-refractivity contribution < 1.29 is 13.2 Å². The molecule has 1 amide bonds. The maximum absolute atomic E-state index is 12.9. The number of thiocarbonyl (C=S) groups is 1. The van der Waals surface area contributed by atoms with Gasteiger partial charge in [-0.3, -0.25) is 4.79 Å². The molecule has 0 saturated heterocycles. The number of hydrogen-bond acceptors (Lipinski definition) is 5. The van der Waals surface area contributed by atoms with E-state index in [4.69, 9.17) is 12.2 Å². The van der Waals surface area contributed by atoms with Crippen LogP contribution in [0.25, 0.3) is 0 Å². The lowest BCUT2D eigenvalue weighted by Crippen LogP contribution is -2.48. The Morgan fingerprint density at radius 2 is 1.79 bits per heavy atom. The van der Waals surface area contributed by atoms with Crippen molar-refractivity contribution in [1.29, 1.82) is 0 Å². The first-order chi connectivity index (χ1) is 11.3. The van der Waals surface area contributed by atoms with Crippen LogP contribution in [0.1, 0.15) is 43.9 Å². The third-order valence-corrected chi connectivity index (χ3v) is 4.97. The van der Waals surface area contributed by atoms with Gasteiger partial charge in [-0.2, -0.15) is 12.8 Å². The quantitative estimate of drug-likeness (QED) is 0.753. The Morgan fingerprint density at radius 3 is 2.21 bits per heavy atom. The highest BCUT2D eigenvalue weighted by Gasteiger charge is 2.44. The number of carbonyl (C=O) groups excluding carboxylic acids is 1. The molecule has 0 radical (unpaired) electrons. The van der Waals surface area contributed by atoms with Crippen LogP contribution >= 0.6 is 12.2 Å². The first-order valence-electron chi connectivity index (χ1n) is 7.70. The molecule has 0 heterocycles. The molecular weight excluding hydrogens is 346 g/mol. The number of hydrogen-bond donors (Lipinski definition) is 2. The van der Waals surface area contributed by atoms with Gasteiger partial charge in [0.05, 0.1) is 5.41 Å². The Balaban J connectivity index is 3.47. The Morgan fingerprint density at radius 1 is 1.25 bits per heavy atom. The second-order valence-corrected chi connectivity index (χ2v) is 6.59. The van der Waals surface area contributed by atoms with Crippen LogP contribution in [0, 0.1) is 12.3 Å². The molecule has 1 atom stereocenters. The van der Waals surface area contributed by atoms with Gasteiger partial charge in [-0.05, 0) is 37.5 Å². The highest BCUT2D eigenvalue weighted by atomic mass is 32.2. The Kier molecular flexibility index (Phi) is 7.50. The summed E-state index contributed by atoms with van der Waals surface area (Å²) >= 11 is 5.01. The number of nitrogens with one attached hydrogen (secondary N) is 2. The van der Waals surface area contributed by atoms with Crippen LogP contribution in [0.3, 0.4) is 0 Å². The summed E-state index contributed by atoms with van der Waals surface area (Å²) in [6, 6.07) is 6.54. The monoisotopic (exact) mass is 369 g/mol. The fourth-order valence-corrected chi connectivity index (χ4v) is 3.28. The topological polar surface area (TPSA) is 87.6 Å². The Bertz CT molecular complexity index is 715. The van der Waals surface area contributed by atoms with Crippen LogP contribution in [0.15, 0.2) is 28.6 Å². The first kappa shape index (κ1) is 20.2. The normalized spacial score (nSPS) is 12.2. The fraction of sp³-hybridized carbons (Fsp3) is 0.500. The minimum Gasteiger partial charge on any atom is -0.365 e. The molecule has 0 aliphatic carbocycles. The lowest BCUT2D eigenvalue weighted by atomic mass is 9.72. The zero-order chi connectivity index (χ0) is 18.3. The van der Waals surface area contributed by atoms with E-state index in [0.717, 1.165) is 5.56 Å². The molecule has 6 nitrogen and oxygen atoms in total. The smallest absolute Gasteiger partial charge is 0.311 e. The molecule has 24 heavy (non-hydrogen) atoms. The molecule has 0 aliphatic rings. The third kappa shape index (κ3) is 4.61. The van der Waals surface area contributed by atoms with Gasteiger partial charge in [0.25, 0.3) is 0 Å². The van der Waals surface area contributed by atoms with E-state index in [1.54, 1.807) is 19.2 Å². The molecule has 1 aromatic rings. The van der Waals surface area contributed by atoms with E-state index in [2.05, 4.69) is 15.0 Å². The highest BCUT2D eigenvalue weighted by molar-refractivity contribution is 7.80. The third-order valence-electron chi connectivity index (χ3n) is 4.28. The van der Waals surface area contributed by atoms with Crippen molar-refractivity contribution in [2.24, 2.45) is 9.78 Å². The average molecular weight is 370 g/mol. The van der Waals surface area contributed by atoms with Gasteiger partial charge >= 0.3 is 10.5 Å². The van der Waals surface area contributed by atoms with Crippen molar-refractivity contribution in [2.75, 3.05) is 7.05 Å². The van der Waals surface area contributed by atoms with E-state index in [1.807, 2.05) is 32.9 Å². The molecule has 0 aliphatic heterocycles. The molecular formula is C16H23N3O3S2. The van der Waals surface area contributed by atoms with Gasteiger partial charge in [-0.1, -0.05) is 43.7 Å². The van der Waals surface area contributed by atoms with Crippen LogP contribution in [-0.2, 0) is 15.3 Å². The zero-order valence-corrected chi connectivity index (χ0v) is 15.9. The predicted molar refractivity (Wildman–Crippen MR) is 98.1 cm³/mol. The summed E-state index contributed by atoms with van der Waals surface area (Å²) in [6.07, 6.45) is 0.835. The lowest BCUT2D eigenvalue weighted by molar-refractivity contribution is -0.131. The summed E-state index contributed by atoms with van der Waals surface area (Å²) in [4.78, 5) is 12.9. The SMILES string of the molecule is CCC(CC)(C(=O)NC(=S)NC)C(N=S(=O)=O)c1ccc(C)cc1. The summed E-state index contributed by atoms with van der Waals surface area (Å²) in [5.41, 5.74) is 0.704.